The van der Waals surface area contributed by atoms with Gasteiger partial charge in [0.05, 0.1) is 0 Å². The lowest BCUT2D eigenvalue weighted by Gasteiger charge is -2.53. The molecule has 0 spiro atoms. The summed E-state index contributed by atoms with van der Waals surface area (Å²) in [6.45, 7) is 8.25. The molecule has 2 N–H and O–H groups in total. The summed E-state index contributed by atoms with van der Waals surface area (Å²) in [7, 11) is 0. The number of piperidine rings is 1. The number of rotatable bonds is 1. The minimum absolute atomic E-state index is 0.115. The van der Waals surface area contributed by atoms with Crippen molar-refractivity contribution in [3.05, 3.63) is 0 Å². The summed E-state index contributed by atoms with van der Waals surface area (Å²) in [6.07, 6.45) is 1.86. The molecule has 0 bridgehead atoms. The second-order valence-electron chi connectivity index (χ2n) is 5.19. The fourth-order valence-corrected chi connectivity index (χ4v) is 2.64. The summed E-state index contributed by atoms with van der Waals surface area (Å²) in [4.78, 5) is 1.80. The van der Waals surface area contributed by atoms with Gasteiger partial charge in [-0.25, -0.2) is 4.90 Å². The summed E-state index contributed by atoms with van der Waals surface area (Å²) >= 11 is 0. The molecule has 0 atom stereocenters. The van der Waals surface area contributed by atoms with Crippen LogP contribution in [0, 0.1) is 0 Å². The summed E-state index contributed by atoms with van der Waals surface area (Å²) in [5, 5.41) is 18.7. The highest BCUT2D eigenvalue weighted by Crippen LogP contribution is 2.38. The van der Waals surface area contributed by atoms with Crippen molar-refractivity contribution in [2.24, 2.45) is 0 Å². The molecule has 0 saturated carbocycles. The van der Waals surface area contributed by atoms with E-state index in [1.165, 1.54) is 0 Å². The predicted octanol–water partition coefficient (Wildman–Crippen LogP) is 1.30. The molecule has 3 nitrogen and oxygen atoms in total. The summed E-state index contributed by atoms with van der Waals surface area (Å²) in [6, 6.07) is 0. The van der Waals surface area contributed by atoms with Crippen LogP contribution in [0.4, 0.5) is 0 Å². The molecule has 1 aliphatic heterocycles. The number of hydrogen-bond acceptors (Lipinski definition) is 3. The maximum absolute atomic E-state index is 9.33. The zero-order valence-electron chi connectivity index (χ0n) is 9.04. The molecule has 0 aromatic rings. The van der Waals surface area contributed by atoms with Crippen molar-refractivity contribution in [1.82, 2.24) is 4.90 Å². The van der Waals surface area contributed by atoms with Gasteiger partial charge in [-0.05, 0) is 47.0 Å². The van der Waals surface area contributed by atoms with E-state index in [4.69, 9.17) is 0 Å². The molecule has 1 fully saturated rings. The van der Waals surface area contributed by atoms with Crippen molar-refractivity contribution in [2.45, 2.75) is 64.4 Å². The molecule has 1 heterocycles. The molecule has 1 rings (SSSR count). The fraction of sp³-hybridized carbons (Fsp3) is 1.00. The Balaban J connectivity index is 2.91. The first kappa shape index (κ1) is 11.0. The molecule has 0 radical (unpaired) electrons. The molecule has 0 aromatic heterocycles. The van der Waals surface area contributed by atoms with E-state index in [0.717, 1.165) is 19.3 Å². The van der Waals surface area contributed by atoms with E-state index < -0.39 is 6.41 Å². The average Bonchev–Trinajstić information content (AvgIpc) is 1.79. The van der Waals surface area contributed by atoms with Crippen LogP contribution >= 0.6 is 0 Å². The van der Waals surface area contributed by atoms with Crippen molar-refractivity contribution in [3.8, 4) is 0 Å². The number of aliphatic hydroxyl groups excluding tert-OH is 1. The van der Waals surface area contributed by atoms with Gasteiger partial charge in [-0.15, -0.1) is 0 Å². The molecule has 1 aliphatic rings. The number of hydrogen-bond donors (Lipinski definition) is 2. The van der Waals surface area contributed by atoms with E-state index in [1.54, 1.807) is 4.90 Å². The maximum Gasteiger partial charge on any atom is 0.214 e. The van der Waals surface area contributed by atoms with Crippen LogP contribution in [0.1, 0.15) is 47.0 Å². The lowest BCUT2D eigenvalue weighted by molar-refractivity contribution is -0.234. The third-order valence-corrected chi connectivity index (χ3v) is 3.11. The third-order valence-electron chi connectivity index (χ3n) is 3.11. The van der Waals surface area contributed by atoms with E-state index in [1.807, 2.05) is 0 Å². The molecular weight excluding hydrogens is 166 g/mol. The van der Waals surface area contributed by atoms with Crippen LogP contribution in [0.2, 0.25) is 0 Å². The highest BCUT2D eigenvalue weighted by molar-refractivity contribution is 4.96. The standard InChI is InChI=1S/C10H21NO2/c1-9(2)6-5-7-10(3,4)11(9)8(12)13/h8,12-13H,5-7H2,1-4H3. The Morgan fingerprint density at radius 3 is 1.62 bits per heavy atom. The summed E-state index contributed by atoms with van der Waals surface area (Å²) < 4.78 is 0. The van der Waals surface area contributed by atoms with Crippen LogP contribution in [0.3, 0.4) is 0 Å². The Morgan fingerprint density at radius 1 is 1.00 bits per heavy atom. The van der Waals surface area contributed by atoms with Gasteiger partial charge in [0.15, 0.2) is 0 Å². The van der Waals surface area contributed by atoms with Gasteiger partial charge in [-0.3, -0.25) is 0 Å². The predicted molar refractivity (Wildman–Crippen MR) is 52.1 cm³/mol. The molecule has 0 aromatic carbocycles. The second kappa shape index (κ2) is 3.23. The van der Waals surface area contributed by atoms with Gasteiger partial charge in [0.2, 0.25) is 6.41 Å². The first-order chi connectivity index (χ1) is 5.77. The smallest absolute Gasteiger partial charge is 0.214 e. The van der Waals surface area contributed by atoms with Crippen molar-refractivity contribution in [1.29, 1.82) is 0 Å². The van der Waals surface area contributed by atoms with Gasteiger partial charge >= 0.3 is 0 Å². The van der Waals surface area contributed by atoms with Gasteiger partial charge in [0.1, 0.15) is 0 Å². The Kier molecular flexibility index (Phi) is 2.72. The normalized spacial score (nSPS) is 27.9. The quantitative estimate of drug-likeness (QED) is 0.608. The number of nitrogens with zero attached hydrogens (tertiary/aromatic N) is 1. The third kappa shape index (κ3) is 2.03. The molecule has 0 aliphatic carbocycles. The van der Waals surface area contributed by atoms with Crippen LogP contribution in [0.25, 0.3) is 0 Å². The highest BCUT2D eigenvalue weighted by Gasteiger charge is 2.44. The van der Waals surface area contributed by atoms with Gasteiger partial charge in [-0.1, -0.05) is 0 Å². The molecular formula is C10H21NO2. The molecule has 13 heavy (non-hydrogen) atoms. The lowest BCUT2D eigenvalue weighted by atomic mass is 9.80. The van der Waals surface area contributed by atoms with E-state index >= 15 is 0 Å². The van der Waals surface area contributed by atoms with Crippen molar-refractivity contribution in [3.63, 3.8) is 0 Å². The lowest BCUT2D eigenvalue weighted by Crippen LogP contribution is -2.62. The van der Waals surface area contributed by atoms with Crippen LogP contribution in [-0.4, -0.2) is 32.6 Å². The first-order valence-corrected chi connectivity index (χ1v) is 4.93. The molecule has 1 saturated heterocycles. The molecule has 0 amide bonds. The van der Waals surface area contributed by atoms with Crippen molar-refractivity contribution < 1.29 is 10.2 Å². The van der Waals surface area contributed by atoms with E-state index in [2.05, 4.69) is 27.7 Å². The van der Waals surface area contributed by atoms with Crippen molar-refractivity contribution in [2.75, 3.05) is 0 Å². The number of likely N-dealkylation sites (tertiary alicyclic amines) is 1. The monoisotopic (exact) mass is 187 g/mol. The summed E-state index contributed by atoms with van der Waals surface area (Å²) in [5.74, 6) is 0. The average molecular weight is 187 g/mol. The minimum atomic E-state index is -1.34. The number of aliphatic hydroxyl groups is 2. The van der Waals surface area contributed by atoms with Gasteiger partial charge in [0.25, 0.3) is 0 Å². The zero-order valence-corrected chi connectivity index (χ0v) is 9.04. The highest BCUT2D eigenvalue weighted by atomic mass is 16.5. The second-order valence-corrected chi connectivity index (χ2v) is 5.19. The van der Waals surface area contributed by atoms with Crippen LogP contribution in [0.15, 0.2) is 0 Å². The van der Waals surface area contributed by atoms with E-state index in [-0.39, 0.29) is 11.1 Å². The Labute approximate surface area is 80.4 Å². The van der Waals surface area contributed by atoms with Crippen LogP contribution < -0.4 is 0 Å². The van der Waals surface area contributed by atoms with Crippen LogP contribution in [0.5, 0.6) is 0 Å². The molecule has 0 unspecified atom stereocenters. The summed E-state index contributed by atoms with van der Waals surface area (Å²) in [5.41, 5.74) is -0.230. The molecule has 3 heteroatoms. The topological polar surface area (TPSA) is 43.7 Å². The Morgan fingerprint density at radius 2 is 1.38 bits per heavy atom. The van der Waals surface area contributed by atoms with E-state index in [0.29, 0.717) is 0 Å². The van der Waals surface area contributed by atoms with E-state index in [9.17, 15) is 10.2 Å². The van der Waals surface area contributed by atoms with Gasteiger partial charge in [-0.2, -0.15) is 0 Å². The zero-order chi connectivity index (χ0) is 10.3. The first-order valence-electron chi connectivity index (χ1n) is 4.93. The maximum atomic E-state index is 9.33. The van der Waals surface area contributed by atoms with Crippen LogP contribution in [-0.2, 0) is 0 Å². The van der Waals surface area contributed by atoms with Gasteiger partial charge < -0.3 is 10.2 Å². The Hall–Kier alpha value is -0.120. The Bertz CT molecular complexity index is 171. The SMILES string of the molecule is CC1(C)CCCC(C)(C)N1C(O)O. The van der Waals surface area contributed by atoms with Gasteiger partial charge in [0, 0.05) is 11.1 Å². The van der Waals surface area contributed by atoms with Crippen molar-refractivity contribution >= 4 is 0 Å². The largest absolute Gasteiger partial charge is 0.356 e. The molecule has 78 valence electrons. The minimum Gasteiger partial charge on any atom is -0.356 e. The fourth-order valence-electron chi connectivity index (χ4n) is 2.64.